The average Bonchev–Trinajstić information content (AvgIpc) is 3.01. The molecule has 1 aromatic heterocycles. The number of amides is 2. The molecule has 0 spiro atoms. The number of nitrogens with one attached hydrogen (secondary N) is 1. The predicted octanol–water partition coefficient (Wildman–Crippen LogP) is 1.40. The number of carbonyl (C=O) groups is 3. The van der Waals surface area contributed by atoms with Gasteiger partial charge >= 0.3 is 5.97 Å². The molecule has 7 heteroatoms. The molecule has 1 aromatic carbocycles. The standard InChI is InChI=1S/C16H16N2O5/c17-14(19)7-6-12(16(21)22)18-15(20)11-8-13(23-9-11)10-4-2-1-3-5-10/h1-5,8-9,12H,6-7H2,(H2,17,19)(H,18,20)(H,21,22)/t12-/m1/s1. The third-order valence-corrected chi connectivity index (χ3v) is 3.20. The van der Waals surface area contributed by atoms with E-state index in [2.05, 4.69) is 5.32 Å². The third kappa shape index (κ3) is 4.44. The van der Waals surface area contributed by atoms with E-state index in [0.717, 1.165) is 5.56 Å². The summed E-state index contributed by atoms with van der Waals surface area (Å²) in [4.78, 5) is 34.0. The fraction of sp³-hybridized carbons (Fsp3) is 0.188. The molecule has 2 amide bonds. The molecule has 2 aromatic rings. The number of carboxylic acids is 1. The first-order chi connectivity index (χ1) is 11.0. The van der Waals surface area contributed by atoms with Crippen molar-refractivity contribution in [2.75, 3.05) is 0 Å². The van der Waals surface area contributed by atoms with Gasteiger partial charge in [-0.3, -0.25) is 9.59 Å². The van der Waals surface area contributed by atoms with Gasteiger partial charge in [-0.05, 0) is 12.5 Å². The minimum atomic E-state index is -1.23. The van der Waals surface area contributed by atoms with Gasteiger partial charge in [0.1, 0.15) is 18.1 Å². The molecule has 0 unspecified atom stereocenters. The number of carbonyl (C=O) groups excluding carboxylic acids is 2. The monoisotopic (exact) mass is 316 g/mol. The number of hydrogen-bond donors (Lipinski definition) is 3. The zero-order valence-corrected chi connectivity index (χ0v) is 12.2. The van der Waals surface area contributed by atoms with E-state index in [1.807, 2.05) is 30.3 Å². The topological polar surface area (TPSA) is 123 Å². The van der Waals surface area contributed by atoms with Crippen LogP contribution in [0, 0.1) is 0 Å². The van der Waals surface area contributed by atoms with Crippen LogP contribution in [0.1, 0.15) is 23.2 Å². The van der Waals surface area contributed by atoms with Crippen molar-refractivity contribution < 1.29 is 23.9 Å². The van der Waals surface area contributed by atoms with E-state index in [0.29, 0.717) is 5.76 Å². The molecule has 4 N–H and O–H groups in total. The van der Waals surface area contributed by atoms with Crippen molar-refractivity contribution in [3.05, 3.63) is 48.2 Å². The van der Waals surface area contributed by atoms with Crippen LogP contribution >= 0.6 is 0 Å². The van der Waals surface area contributed by atoms with Crippen molar-refractivity contribution in [2.24, 2.45) is 5.73 Å². The molecule has 0 radical (unpaired) electrons. The Balaban J connectivity index is 2.06. The Kier molecular flexibility index (Phi) is 5.14. The molecule has 0 aliphatic carbocycles. The molecule has 120 valence electrons. The lowest BCUT2D eigenvalue weighted by Crippen LogP contribution is -2.41. The summed E-state index contributed by atoms with van der Waals surface area (Å²) in [5.74, 6) is -1.95. The van der Waals surface area contributed by atoms with Crippen molar-refractivity contribution in [2.45, 2.75) is 18.9 Å². The molecule has 0 aliphatic rings. The molecule has 0 bridgehead atoms. The molecular weight excluding hydrogens is 300 g/mol. The van der Waals surface area contributed by atoms with Gasteiger partial charge in [0.25, 0.3) is 5.91 Å². The molecule has 2 rings (SSSR count). The first-order valence-corrected chi connectivity index (χ1v) is 6.93. The zero-order chi connectivity index (χ0) is 16.8. The maximum absolute atomic E-state index is 12.1. The van der Waals surface area contributed by atoms with E-state index in [4.69, 9.17) is 15.3 Å². The van der Waals surface area contributed by atoms with Crippen LogP contribution in [0.3, 0.4) is 0 Å². The van der Waals surface area contributed by atoms with Gasteiger partial charge in [0.15, 0.2) is 0 Å². The molecule has 23 heavy (non-hydrogen) atoms. The maximum Gasteiger partial charge on any atom is 0.326 e. The Hall–Kier alpha value is -3.09. The Bertz CT molecular complexity index is 708. The smallest absolute Gasteiger partial charge is 0.326 e. The fourth-order valence-corrected chi connectivity index (χ4v) is 1.99. The van der Waals surface area contributed by atoms with Gasteiger partial charge in [-0.2, -0.15) is 0 Å². The number of aliphatic carboxylic acids is 1. The number of carboxylic acid groups (broad SMARTS) is 1. The van der Waals surface area contributed by atoms with Crippen LogP contribution in [0.5, 0.6) is 0 Å². The van der Waals surface area contributed by atoms with Crippen molar-refractivity contribution in [3.8, 4) is 11.3 Å². The second-order valence-electron chi connectivity index (χ2n) is 4.93. The summed E-state index contributed by atoms with van der Waals surface area (Å²) in [6.45, 7) is 0. The van der Waals surface area contributed by atoms with E-state index in [1.54, 1.807) is 0 Å². The quantitative estimate of drug-likeness (QED) is 0.712. The van der Waals surface area contributed by atoms with Gasteiger partial charge in [0.05, 0.1) is 5.56 Å². The number of nitrogens with two attached hydrogens (primary N) is 1. The lowest BCUT2D eigenvalue weighted by molar-refractivity contribution is -0.139. The van der Waals surface area contributed by atoms with E-state index in [1.165, 1.54) is 12.3 Å². The first kappa shape index (κ1) is 16.3. The minimum Gasteiger partial charge on any atom is -0.480 e. The van der Waals surface area contributed by atoms with Crippen molar-refractivity contribution in [1.29, 1.82) is 0 Å². The predicted molar refractivity (Wildman–Crippen MR) is 81.5 cm³/mol. The molecule has 1 atom stereocenters. The van der Waals surface area contributed by atoms with Crippen LogP contribution in [0.4, 0.5) is 0 Å². The van der Waals surface area contributed by atoms with Crippen LogP contribution in [-0.2, 0) is 9.59 Å². The van der Waals surface area contributed by atoms with Gasteiger partial charge in [0, 0.05) is 12.0 Å². The summed E-state index contributed by atoms with van der Waals surface area (Å²) in [5, 5.41) is 11.4. The highest BCUT2D eigenvalue weighted by Crippen LogP contribution is 2.21. The summed E-state index contributed by atoms with van der Waals surface area (Å²) in [7, 11) is 0. The zero-order valence-electron chi connectivity index (χ0n) is 12.2. The van der Waals surface area contributed by atoms with Crippen molar-refractivity contribution in [1.82, 2.24) is 5.32 Å². The first-order valence-electron chi connectivity index (χ1n) is 6.93. The van der Waals surface area contributed by atoms with E-state index in [-0.39, 0.29) is 18.4 Å². The number of hydrogen-bond acceptors (Lipinski definition) is 4. The second kappa shape index (κ2) is 7.26. The number of benzene rings is 1. The van der Waals surface area contributed by atoms with Crippen LogP contribution in [-0.4, -0.2) is 28.9 Å². The Morgan fingerprint density at radius 2 is 1.91 bits per heavy atom. The highest BCUT2D eigenvalue weighted by atomic mass is 16.4. The van der Waals surface area contributed by atoms with E-state index < -0.39 is 23.8 Å². The fourth-order valence-electron chi connectivity index (χ4n) is 1.99. The summed E-state index contributed by atoms with van der Waals surface area (Å²) in [5.41, 5.74) is 5.99. The lowest BCUT2D eigenvalue weighted by atomic mass is 10.1. The molecule has 0 saturated heterocycles. The van der Waals surface area contributed by atoms with Gasteiger partial charge < -0.3 is 20.6 Å². The molecule has 1 heterocycles. The minimum absolute atomic E-state index is 0.0696. The number of furan rings is 1. The molecule has 0 aliphatic heterocycles. The van der Waals surface area contributed by atoms with Crippen LogP contribution < -0.4 is 11.1 Å². The molecule has 7 nitrogen and oxygen atoms in total. The van der Waals surface area contributed by atoms with E-state index in [9.17, 15) is 14.4 Å². The SMILES string of the molecule is NC(=O)CC[C@@H](NC(=O)c1coc(-c2ccccc2)c1)C(=O)O. The maximum atomic E-state index is 12.1. The van der Waals surface area contributed by atoms with Crippen molar-refractivity contribution in [3.63, 3.8) is 0 Å². The van der Waals surface area contributed by atoms with Crippen LogP contribution in [0.15, 0.2) is 47.1 Å². The Morgan fingerprint density at radius 1 is 1.22 bits per heavy atom. The van der Waals surface area contributed by atoms with E-state index >= 15 is 0 Å². The van der Waals surface area contributed by atoms with Crippen LogP contribution in [0.25, 0.3) is 11.3 Å². The summed E-state index contributed by atoms with van der Waals surface area (Å²) in [6, 6.07) is 9.52. The largest absolute Gasteiger partial charge is 0.480 e. The molecule has 0 fully saturated rings. The Labute approximate surface area is 132 Å². The highest BCUT2D eigenvalue weighted by Gasteiger charge is 2.22. The van der Waals surface area contributed by atoms with Gasteiger partial charge in [0.2, 0.25) is 5.91 Å². The summed E-state index contributed by atoms with van der Waals surface area (Å²) >= 11 is 0. The average molecular weight is 316 g/mol. The van der Waals surface area contributed by atoms with Crippen molar-refractivity contribution >= 4 is 17.8 Å². The Morgan fingerprint density at radius 3 is 2.52 bits per heavy atom. The molecular formula is C16H16N2O5. The lowest BCUT2D eigenvalue weighted by Gasteiger charge is -2.12. The number of primary amides is 1. The normalized spacial score (nSPS) is 11.7. The third-order valence-electron chi connectivity index (χ3n) is 3.20. The number of rotatable bonds is 7. The highest BCUT2D eigenvalue weighted by molar-refractivity contribution is 5.97. The van der Waals surface area contributed by atoms with Gasteiger partial charge in [-0.25, -0.2) is 4.79 Å². The molecule has 0 saturated carbocycles. The van der Waals surface area contributed by atoms with Gasteiger partial charge in [-0.15, -0.1) is 0 Å². The second-order valence-corrected chi connectivity index (χ2v) is 4.93. The summed E-state index contributed by atoms with van der Waals surface area (Å²) in [6.07, 6.45) is 1.06. The summed E-state index contributed by atoms with van der Waals surface area (Å²) < 4.78 is 5.33. The van der Waals surface area contributed by atoms with Gasteiger partial charge in [-0.1, -0.05) is 30.3 Å². The van der Waals surface area contributed by atoms with Crippen LogP contribution in [0.2, 0.25) is 0 Å².